The van der Waals surface area contributed by atoms with Crippen molar-refractivity contribution >= 4 is 27.9 Å². The zero-order valence-electron chi connectivity index (χ0n) is 25.0. The Hall–Kier alpha value is -3.68. The molecule has 2 aromatic carbocycles. The van der Waals surface area contributed by atoms with E-state index in [4.69, 9.17) is 4.74 Å². The lowest BCUT2D eigenvalue weighted by molar-refractivity contribution is -0.215. The van der Waals surface area contributed by atoms with Crippen LogP contribution < -0.4 is 10.2 Å². The number of hydrogen-bond acceptors (Lipinski definition) is 7. The first-order chi connectivity index (χ1) is 20.1. The highest BCUT2D eigenvalue weighted by molar-refractivity contribution is 6.04. The van der Waals surface area contributed by atoms with Crippen molar-refractivity contribution < 1.29 is 24.9 Å². The Morgan fingerprint density at radius 1 is 1.00 bits per heavy atom. The molecule has 1 amide bonds. The number of amides is 1. The third kappa shape index (κ3) is 6.37. The van der Waals surface area contributed by atoms with Crippen LogP contribution in [0.1, 0.15) is 46.2 Å². The molecule has 4 rings (SSSR count). The summed E-state index contributed by atoms with van der Waals surface area (Å²) in [7, 11) is 1.90. The number of nitrogens with zero attached hydrogens (tertiary/aromatic N) is 3. The predicted molar refractivity (Wildman–Crippen MR) is 165 cm³/mol. The Morgan fingerprint density at radius 3 is 2.33 bits per heavy atom. The molecular weight excluding hydrogens is 532 g/mol. The minimum Gasteiger partial charge on any atom is -0.388 e. The summed E-state index contributed by atoms with van der Waals surface area (Å²) in [5, 5.41) is 45.0. The molecule has 1 unspecified atom stereocenters. The SMILES string of the molecule is CCCN(CCC)c1ccc2cc(-c3ccc(/C(C)=C(\C#N)C(=O)NC[C@H]4OC(C)[C@H](O)[C@@H](O)[C@@H]4O)n3C)ccc2c1. The van der Waals surface area contributed by atoms with E-state index in [2.05, 4.69) is 60.5 Å². The van der Waals surface area contributed by atoms with Gasteiger partial charge < -0.3 is 34.8 Å². The van der Waals surface area contributed by atoms with Crippen molar-refractivity contribution in [1.82, 2.24) is 9.88 Å². The van der Waals surface area contributed by atoms with Gasteiger partial charge in [0, 0.05) is 43.8 Å². The number of carbonyl (C=O) groups is 1. The molecule has 0 aliphatic carbocycles. The largest absolute Gasteiger partial charge is 0.388 e. The highest BCUT2D eigenvalue weighted by atomic mass is 16.5. The molecule has 3 aromatic rings. The van der Waals surface area contributed by atoms with Gasteiger partial charge in [-0.05, 0) is 78.9 Å². The van der Waals surface area contributed by atoms with Gasteiger partial charge >= 0.3 is 0 Å². The average Bonchev–Trinajstić information content (AvgIpc) is 3.37. The number of allylic oxidation sites excluding steroid dienone is 1. The van der Waals surface area contributed by atoms with Crippen molar-refractivity contribution in [2.75, 3.05) is 24.5 Å². The Balaban J connectivity index is 1.54. The van der Waals surface area contributed by atoms with Crippen molar-refractivity contribution in [2.24, 2.45) is 7.05 Å². The van der Waals surface area contributed by atoms with Crippen molar-refractivity contribution in [3.8, 4) is 17.3 Å². The fourth-order valence-electron chi connectivity index (χ4n) is 5.70. The number of carbonyl (C=O) groups excluding carboxylic acids is 1. The lowest BCUT2D eigenvalue weighted by atomic mass is 9.95. The fourth-order valence-corrected chi connectivity index (χ4v) is 5.70. The molecule has 9 heteroatoms. The van der Waals surface area contributed by atoms with Crippen LogP contribution >= 0.6 is 0 Å². The van der Waals surface area contributed by atoms with Crippen molar-refractivity contribution in [1.29, 1.82) is 5.26 Å². The van der Waals surface area contributed by atoms with E-state index < -0.39 is 36.4 Å². The first-order valence-electron chi connectivity index (χ1n) is 14.6. The Kier molecular flexibility index (Phi) is 10.1. The first kappa shape index (κ1) is 31.3. The lowest BCUT2D eigenvalue weighted by Crippen LogP contribution is -2.59. The summed E-state index contributed by atoms with van der Waals surface area (Å²) in [5.41, 5.74) is 4.38. The Labute approximate surface area is 247 Å². The number of benzene rings is 2. The molecule has 0 bridgehead atoms. The molecule has 0 saturated carbocycles. The van der Waals surface area contributed by atoms with E-state index in [1.165, 1.54) is 11.1 Å². The second kappa shape index (κ2) is 13.5. The quantitative estimate of drug-likeness (QED) is 0.214. The fraction of sp³-hybridized carbons (Fsp3) is 0.455. The number of rotatable bonds is 10. The number of aliphatic hydroxyl groups is 3. The van der Waals surface area contributed by atoms with Crippen LogP contribution in [-0.4, -0.2) is 75.9 Å². The van der Waals surface area contributed by atoms with Gasteiger partial charge in [0.15, 0.2) is 0 Å². The molecule has 1 aliphatic rings. The van der Waals surface area contributed by atoms with Crippen LogP contribution in [0.5, 0.6) is 0 Å². The maximum atomic E-state index is 13.0. The van der Waals surface area contributed by atoms with Gasteiger partial charge in [-0.3, -0.25) is 4.79 Å². The van der Waals surface area contributed by atoms with Crippen LogP contribution in [0.4, 0.5) is 5.69 Å². The van der Waals surface area contributed by atoms with E-state index in [9.17, 15) is 25.4 Å². The predicted octanol–water partition coefficient (Wildman–Crippen LogP) is 3.75. The second-order valence-corrected chi connectivity index (χ2v) is 11.1. The maximum Gasteiger partial charge on any atom is 0.262 e. The van der Waals surface area contributed by atoms with Gasteiger partial charge in [-0.25, -0.2) is 0 Å². The van der Waals surface area contributed by atoms with E-state index >= 15 is 0 Å². The van der Waals surface area contributed by atoms with Gasteiger partial charge in [0.2, 0.25) is 0 Å². The number of aliphatic hydroxyl groups excluding tert-OH is 3. The van der Waals surface area contributed by atoms with E-state index in [-0.39, 0.29) is 12.1 Å². The van der Waals surface area contributed by atoms with E-state index in [1.807, 2.05) is 29.8 Å². The Morgan fingerprint density at radius 2 is 1.67 bits per heavy atom. The summed E-state index contributed by atoms with van der Waals surface area (Å²) >= 11 is 0. The Bertz CT molecular complexity index is 1480. The number of ether oxygens (including phenoxy) is 1. The molecule has 0 spiro atoms. The molecule has 1 fully saturated rings. The summed E-state index contributed by atoms with van der Waals surface area (Å²) in [6.07, 6.45) is -3.42. The molecule has 2 heterocycles. The van der Waals surface area contributed by atoms with Crippen LogP contribution in [0, 0.1) is 11.3 Å². The van der Waals surface area contributed by atoms with Gasteiger partial charge in [-0.15, -0.1) is 0 Å². The summed E-state index contributed by atoms with van der Waals surface area (Å²) in [5.74, 6) is -0.608. The summed E-state index contributed by atoms with van der Waals surface area (Å²) < 4.78 is 7.52. The standard InChI is InChI=1S/C33H42N4O5/c1-6-14-37(15-7-2)25-11-10-22-16-24(9-8-23(22)17-25)28-13-12-27(36(28)5)20(3)26(18-34)33(41)35-19-29-31(39)32(40)30(38)21(4)42-29/h8-13,16-17,21,29-32,38-40H,6-7,14-15,19H2,1-5H3,(H,35,41)/b26-20+/t21?,29-,30+,31-,32-/m1/s1. The molecule has 1 aromatic heterocycles. The summed E-state index contributed by atoms with van der Waals surface area (Å²) in [6, 6.07) is 18.8. The molecule has 0 radical (unpaired) electrons. The lowest BCUT2D eigenvalue weighted by Gasteiger charge is -2.39. The van der Waals surface area contributed by atoms with Gasteiger partial charge in [0.1, 0.15) is 36.1 Å². The van der Waals surface area contributed by atoms with E-state index in [0.29, 0.717) is 5.57 Å². The monoisotopic (exact) mass is 574 g/mol. The number of aromatic nitrogens is 1. The normalized spacial score (nSPS) is 22.9. The van der Waals surface area contributed by atoms with Crippen LogP contribution in [0.2, 0.25) is 0 Å². The minimum atomic E-state index is -1.39. The number of nitrogens with one attached hydrogen (secondary N) is 1. The van der Waals surface area contributed by atoms with Gasteiger partial charge in [-0.1, -0.05) is 32.0 Å². The first-order valence-corrected chi connectivity index (χ1v) is 14.6. The topological polar surface area (TPSA) is 131 Å². The van der Waals surface area contributed by atoms with Gasteiger partial charge in [0.25, 0.3) is 5.91 Å². The maximum absolute atomic E-state index is 13.0. The molecule has 9 nitrogen and oxygen atoms in total. The van der Waals surface area contributed by atoms with Gasteiger partial charge in [0.05, 0.1) is 6.10 Å². The van der Waals surface area contributed by atoms with Crippen LogP contribution in [0.3, 0.4) is 0 Å². The molecule has 1 saturated heterocycles. The number of nitriles is 1. The van der Waals surface area contributed by atoms with Crippen molar-refractivity contribution in [3.63, 3.8) is 0 Å². The molecule has 1 aliphatic heterocycles. The number of anilines is 1. The van der Waals surface area contributed by atoms with Crippen LogP contribution in [0.25, 0.3) is 27.6 Å². The number of hydrogen-bond donors (Lipinski definition) is 4. The van der Waals surface area contributed by atoms with E-state index in [0.717, 1.165) is 48.3 Å². The number of fused-ring (bicyclic) bond motifs is 1. The molecule has 224 valence electrons. The highest BCUT2D eigenvalue weighted by Crippen LogP contribution is 2.31. The molecule has 5 atom stereocenters. The molecule has 4 N–H and O–H groups in total. The van der Waals surface area contributed by atoms with Crippen LogP contribution in [-0.2, 0) is 16.6 Å². The van der Waals surface area contributed by atoms with Gasteiger partial charge in [-0.2, -0.15) is 5.26 Å². The smallest absolute Gasteiger partial charge is 0.262 e. The highest BCUT2D eigenvalue weighted by Gasteiger charge is 2.41. The summed E-state index contributed by atoms with van der Waals surface area (Å²) in [6.45, 7) is 9.63. The average molecular weight is 575 g/mol. The van der Waals surface area contributed by atoms with Crippen LogP contribution in [0.15, 0.2) is 54.1 Å². The minimum absolute atomic E-state index is 0.0589. The van der Waals surface area contributed by atoms with E-state index in [1.54, 1.807) is 13.8 Å². The molecular formula is C33H42N4O5. The zero-order chi connectivity index (χ0) is 30.6. The third-order valence-corrected chi connectivity index (χ3v) is 8.11. The second-order valence-electron chi connectivity index (χ2n) is 11.1. The molecule has 42 heavy (non-hydrogen) atoms. The summed E-state index contributed by atoms with van der Waals surface area (Å²) in [4.78, 5) is 15.4. The van der Waals surface area contributed by atoms with Crippen molar-refractivity contribution in [2.45, 2.75) is 71.1 Å². The third-order valence-electron chi connectivity index (χ3n) is 8.11. The zero-order valence-corrected chi connectivity index (χ0v) is 25.0. The van der Waals surface area contributed by atoms with Crippen molar-refractivity contribution in [3.05, 3.63) is 59.8 Å².